The monoisotopic (exact) mass is 433 g/mol. The van der Waals surface area contributed by atoms with E-state index >= 15 is 0 Å². The van der Waals surface area contributed by atoms with Crippen LogP contribution in [0.25, 0.3) is 11.1 Å². The van der Waals surface area contributed by atoms with E-state index in [-0.39, 0.29) is 16.7 Å². The van der Waals surface area contributed by atoms with Crippen LogP contribution in [0.1, 0.15) is 24.0 Å². The van der Waals surface area contributed by atoms with Gasteiger partial charge < -0.3 is 5.32 Å². The van der Waals surface area contributed by atoms with E-state index in [0.29, 0.717) is 25.9 Å². The lowest BCUT2D eigenvalue weighted by atomic mass is 9.97. The predicted octanol–water partition coefficient (Wildman–Crippen LogP) is 3.69. The summed E-state index contributed by atoms with van der Waals surface area (Å²) >= 11 is 0. The normalized spacial score (nSPS) is 16.5. The highest BCUT2D eigenvalue weighted by Gasteiger charge is 2.32. The number of nitrogens with zero attached hydrogens (tertiary/aromatic N) is 2. The summed E-state index contributed by atoms with van der Waals surface area (Å²) in [5, 5.41) is 3.04. The van der Waals surface area contributed by atoms with Crippen molar-refractivity contribution < 1.29 is 13.2 Å². The zero-order valence-corrected chi connectivity index (χ0v) is 17.8. The van der Waals surface area contributed by atoms with Gasteiger partial charge in [0, 0.05) is 37.1 Å². The van der Waals surface area contributed by atoms with Crippen molar-refractivity contribution in [2.75, 3.05) is 18.4 Å². The molecule has 1 fully saturated rings. The Balaban J connectivity index is 1.23. The van der Waals surface area contributed by atoms with Crippen molar-refractivity contribution in [3.05, 3.63) is 78.1 Å². The number of nitrogens with one attached hydrogen (secondary N) is 1. The molecule has 0 unspecified atom stereocenters. The summed E-state index contributed by atoms with van der Waals surface area (Å²) in [6.07, 6.45) is 4.79. The minimum absolute atomic E-state index is 0.0473. The molecule has 2 aromatic carbocycles. The Kier molecular flexibility index (Phi) is 5.08. The lowest BCUT2D eigenvalue weighted by Crippen LogP contribution is -2.41. The van der Waals surface area contributed by atoms with E-state index in [9.17, 15) is 13.2 Å². The van der Waals surface area contributed by atoms with Gasteiger partial charge in [-0.05, 0) is 65.8 Å². The highest BCUT2D eigenvalue weighted by Crippen LogP contribution is 2.37. The highest BCUT2D eigenvalue weighted by atomic mass is 32.2. The number of aromatic nitrogens is 1. The number of anilines is 1. The van der Waals surface area contributed by atoms with Crippen LogP contribution >= 0.6 is 0 Å². The number of hydrogen-bond acceptors (Lipinski definition) is 4. The fraction of sp³-hybridized carbons (Fsp3) is 0.250. The number of pyridine rings is 1. The Morgan fingerprint density at radius 3 is 2.52 bits per heavy atom. The first kappa shape index (κ1) is 19.9. The molecular weight excluding hydrogens is 410 g/mol. The zero-order valence-electron chi connectivity index (χ0n) is 17.0. The molecule has 2 aliphatic rings. The van der Waals surface area contributed by atoms with Crippen molar-refractivity contribution in [2.24, 2.45) is 5.92 Å². The second-order valence-corrected chi connectivity index (χ2v) is 10.0. The number of carbonyl (C=O) groups excluding carboxylic acids is 1. The van der Waals surface area contributed by atoms with Crippen molar-refractivity contribution in [3.8, 4) is 11.1 Å². The Bertz CT molecular complexity index is 1230. The summed E-state index contributed by atoms with van der Waals surface area (Å²) in [5.41, 5.74) is 5.81. The average molecular weight is 434 g/mol. The third-order valence-electron chi connectivity index (χ3n) is 6.16. The molecule has 5 rings (SSSR count). The Hall–Kier alpha value is -3.03. The number of amides is 1. The molecule has 0 radical (unpaired) electrons. The van der Waals surface area contributed by atoms with E-state index in [1.54, 1.807) is 18.3 Å². The van der Waals surface area contributed by atoms with Crippen LogP contribution < -0.4 is 5.32 Å². The molecule has 0 bridgehead atoms. The molecule has 1 aliphatic heterocycles. The summed E-state index contributed by atoms with van der Waals surface area (Å²) in [5.74, 6) is -0.250. The quantitative estimate of drug-likeness (QED) is 0.532. The molecular formula is C24H23N3O3S. The van der Waals surface area contributed by atoms with Crippen LogP contribution in [0, 0.1) is 5.92 Å². The number of carbonyl (C=O) groups is 1. The Morgan fingerprint density at radius 2 is 1.74 bits per heavy atom. The predicted molar refractivity (Wildman–Crippen MR) is 119 cm³/mol. The van der Waals surface area contributed by atoms with Crippen LogP contribution in [-0.4, -0.2) is 36.7 Å². The maximum absolute atomic E-state index is 12.8. The van der Waals surface area contributed by atoms with Crippen LogP contribution in [0.3, 0.4) is 0 Å². The molecule has 158 valence electrons. The minimum Gasteiger partial charge on any atom is -0.326 e. The fourth-order valence-corrected chi connectivity index (χ4v) is 5.91. The maximum Gasteiger partial charge on any atom is 0.244 e. The minimum atomic E-state index is -3.56. The van der Waals surface area contributed by atoms with Gasteiger partial charge in [-0.25, -0.2) is 8.42 Å². The molecule has 2 heterocycles. The molecule has 3 aromatic rings. The van der Waals surface area contributed by atoms with Crippen molar-refractivity contribution in [2.45, 2.75) is 24.2 Å². The molecule has 1 saturated heterocycles. The van der Waals surface area contributed by atoms with Gasteiger partial charge in [-0.15, -0.1) is 0 Å². The van der Waals surface area contributed by atoms with Crippen molar-refractivity contribution in [3.63, 3.8) is 0 Å². The SMILES string of the molecule is O=C(Nc1ccc2c(c1)Cc1ccccc1-2)C1CCN(S(=O)(=O)c2cccnc2)CC1. The number of benzene rings is 2. The smallest absolute Gasteiger partial charge is 0.244 e. The lowest BCUT2D eigenvalue weighted by Gasteiger charge is -2.30. The van der Waals surface area contributed by atoms with Crippen LogP contribution in [-0.2, 0) is 21.2 Å². The van der Waals surface area contributed by atoms with Crippen molar-refractivity contribution in [1.29, 1.82) is 0 Å². The Labute approximate surface area is 182 Å². The highest BCUT2D eigenvalue weighted by molar-refractivity contribution is 7.89. The third kappa shape index (κ3) is 3.75. The second-order valence-electron chi connectivity index (χ2n) is 8.06. The number of piperidine rings is 1. The van der Waals surface area contributed by atoms with Crippen LogP contribution in [0.4, 0.5) is 5.69 Å². The number of fused-ring (bicyclic) bond motifs is 3. The van der Waals surface area contributed by atoms with Crippen LogP contribution in [0.5, 0.6) is 0 Å². The first-order valence-electron chi connectivity index (χ1n) is 10.4. The van der Waals surface area contributed by atoms with Gasteiger partial charge in [-0.3, -0.25) is 9.78 Å². The van der Waals surface area contributed by atoms with Gasteiger partial charge in [0.25, 0.3) is 0 Å². The lowest BCUT2D eigenvalue weighted by molar-refractivity contribution is -0.120. The first-order chi connectivity index (χ1) is 15.0. The third-order valence-corrected chi connectivity index (χ3v) is 8.04. The summed E-state index contributed by atoms with van der Waals surface area (Å²) in [6, 6.07) is 17.6. The molecule has 6 nitrogen and oxygen atoms in total. The largest absolute Gasteiger partial charge is 0.326 e. The molecule has 1 aliphatic carbocycles. The van der Waals surface area contributed by atoms with Gasteiger partial charge in [0.05, 0.1) is 0 Å². The Morgan fingerprint density at radius 1 is 0.968 bits per heavy atom. The van der Waals surface area contributed by atoms with E-state index in [1.165, 1.54) is 32.8 Å². The first-order valence-corrected chi connectivity index (χ1v) is 11.9. The molecule has 0 saturated carbocycles. The maximum atomic E-state index is 12.8. The zero-order chi connectivity index (χ0) is 21.4. The topological polar surface area (TPSA) is 79.4 Å². The van der Waals surface area contributed by atoms with E-state index in [2.05, 4.69) is 34.6 Å². The molecule has 31 heavy (non-hydrogen) atoms. The summed E-state index contributed by atoms with van der Waals surface area (Å²) < 4.78 is 26.9. The van der Waals surface area contributed by atoms with E-state index < -0.39 is 10.0 Å². The van der Waals surface area contributed by atoms with Gasteiger partial charge in [0.2, 0.25) is 15.9 Å². The van der Waals surface area contributed by atoms with Crippen molar-refractivity contribution >= 4 is 21.6 Å². The van der Waals surface area contributed by atoms with E-state index in [0.717, 1.165) is 12.1 Å². The van der Waals surface area contributed by atoms with Crippen LogP contribution in [0.2, 0.25) is 0 Å². The molecule has 1 N–H and O–H groups in total. The van der Waals surface area contributed by atoms with E-state index in [1.807, 2.05) is 18.2 Å². The summed E-state index contributed by atoms with van der Waals surface area (Å²) in [4.78, 5) is 16.9. The van der Waals surface area contributed by atoms with Gasteiger partial charge in [0.1, 0.15) is 4.90 Å². The number of sulfonamides is 1. The van der Waals surface area contributed by atoms with Crippen molar-refractivity contribution in [1.82, 2.24) is 9.29 Å². The molecule has 1 amide bonds. The van der Waals surface area contributed by atoms with E-state index in [4.69, 9.17) is 0 Å². The molecule has 7 heteroatoms. The molecule has 0 spiro atoms. The average Bonchev–Trinajstić information content (AvgIpc) is 3.17. The number of hydrogen-bond donors (Lipinski definition) is 1. The van der Waals surface area contributed by atoms with Gasteiger partial charge >= 0.3 is 0 Å². The summed E-state index contributed by atoms with van der Waals surface area (Å²) in [7, 11) is -3.56. The second kappa shape index (κ2) is 7.90. The van der Waals surface area contributed by atoms with Gasteiger partial charge in [-0.2, -0.15) is 4.31 Å². The standard InChI is InChI=1S/C24H23N3O3S/c28-24(17-9-12-27(13-10-17)31(29,30)21-5-3-11-25-16-21)26-20-7-8-23-19(15-20)14-18-4-1-2-6-22(18)23/h1-8,11,15-17H,9-10,12-14H2,(H,26,28). The summed E-state index contributed by atoms with van der Waals surface area (Å²) in [6.45, 7) is 0.656. The molecule has 1 aromatic heterocycles. The van der Waals surface area contributed by atoms with Crippen LogP contribution in [0.15, 0.2) is 71.9 Å². The number of rotatable bonds is 4. The molecule has 0 atom stereocenters. The fourth-order valence-electron chi connectivity index (χ4n) is 4.47. The van der Waals surface area contributed by atoms with Gasteiger partial charge in [-0.1, -0.05) is 30.3 Å². The van der Waals surface area contributed by atoms with Gasteiger partial charge in [0.15, 0.2) is 0 Å².